The molecule has 0 spiro atoms. The standard InChI is InChI=1S/C33H49N3O4/c1-32-14-12-27-26-10-8-25(37)20-24(26)7-9-28(27)29(32)13-15-33(32,40)22-35-16-18-36(19-17-35)31(39)21-34-30(38)11-6-23-4-2-3-5-23/h8,10,20,23,27-29,37,40H,2-7,9,11-19,21-22H2,1H3,(H,34,38)/t27-,28-,29+,32+,33-/m1/s1. The van der Waals surface area contributed by atoms with Crippen LogP contribution in [0.3, 0.4) is 0 Å². The fourth-order valence-electron chi connectivity index (χ4n) is 9.47. The zero-order valence-electron chi connectivity index (χ0n) is 24.4. The van der Waals surface area contributed by atoms with Gasteiger partial charge in [-0.3, -0.25) is 14.5 Å². The second-order valence-electron chi connectivity index (χ2n) is 13.9. The third-order valence-corrected chi connectivity index (χ3v) is 11.9. The normalized spacial score (nSPS) is 34.2. The molecule has 3 N–H and O–H groups in total. The van der Waals surface area contributed by atoms with E-state index in [-0.39, 0.29) is 23.8 Å². The number of hydrogen-bond donors (Lipinski definition) is 3. The Morgan fingerprint density at radius 2 is 1.80 bits per heavy atom. The lowest BCUT2D eigenvalue weighted by Gasteiger charge is -2.54. The van der Waals surface area contributed by atoms with Crippen molar-refractivity contribution in [3.63, 3.8) is 0 Å². The molecule has 6 rings (SSSR count). The van der Waals surface area contributed by atoms with E-state index >= 15 is 0 Å². The SMILES string of the molecule is C[C@]12CC[C@@H]3c4ccc(O)cc4CC[C@H]3[C@@H]1CC[C@@]2(O)CN1CCN(C(=O)CNC(=O)CCC2CCCC2)CC1. The summed E-state index contributed by atoms with van der Waals surface area (Å²) in [7, 11) is 0. The second-order valence-corrected chi connectivity index (χ2v) is 13.9. The molecule has 0 radical (unpaired) electrons. The molecule has 0 aromatic heterocycles. The third kappa shape index (κ3) is 5.29. The van der Waals surface area contributed by atoms with Gasteiger partial charge >= 0.3 is 0 Å². The van der Waals surface area contributed by atoms with Gasteiger partial charge in [-0.25, -0.2) is 0 Å². The number of nitrogens with one attached hydrogen (secondary N) is 1. The number of aryl methyl sites for hydroxylation is 1. The summed E-state index contributed by atoms with van der Waals surface area (Å²) in [5, 5.41) is 25.0. The van der Waals surface area contributed by atoms with Gasteiger partial charge in [0, 0.05) is 44.6 Å². The molecule has 7 nitrogen and oxygen atoms in total. The van der Waals surface area contributed by atoms with Gasteiger partial charge in [-0.15, -0.1) is 0 Å². The number of carbonyl (C=O) groups excluding carboxylic acids is 2. The quantitative estimate of drug-likeness (QED) is 0.472. The number of β-amino-alcohol motifs (C(OH)–C–C–N with tert-alkyl or cyclic N) is 1. The zero-order valence-corrected chi connectivity index (χ0v) is 24.4. The molecular weight excluding hydrogens is 502 g/mol. The predicted octanol–water partition coefficient (Wildman–Crippen LogP) is 4.21. The highest BCUT2D eigenvalue weighted by Crippen LogP contribution is 2.64. The molecule has 1 heterocycles. The molecule has 3 saturated carbocycles. The summed E-state index contributed by atoms with van der Waals surface area (Å²) in [6.45, 7) is 5.98. The molecule has 5 atom stereocenters. The van der Waals surface area contributed by atoms with Crippen molar-refractivity contribution in [2.75, 3.05) is 39.3 Å². The lowest BCUT2D eigenvalue weighted by molar-refractivity contribution is -0.137. The fraction of sp³-hybridized carbons (Fsp3) is 0.758. The van der Waals surface area contributed by atoms with Crippen LogP contribution in [0.5, 0.6) is 5.75 Å². The molecule has 40 heavy (non-hydrogen) atoms. The molecule has 1 aromatic carbocycles. The van der Waals surface area contributed by atoms with Crippen molar-refractivity contribution in [2.45, 2.75) is 95.5 Å². The maximum absolute atomic E-state index is 12.8. The molecule has 4 aliphatic carbocycles. The molecule has 1 saturated heterocycles. The van der Waals surface area contributed by atoms with Crippen molar-refractivity contribution in [1.29, 1.82) is 0 Å². The molecule has 0 unspecified atom stereocenters. The monoisotopic (exact) mass is 551 g/mol. The molecule has 2 amide bonds. The number of rotatable bonds is 7. The molecular formula is C33H49N3O4. The zero-order chi connectivity index (χ0) is 27.9. The molecule has 1 aromatic rings. The number of amides is 2. The van der Waals surface area contributed by atoms with Crippen molar-refractivity contribution >= 4 is 11.8 Å². The van der Waals surface area contributed by atoms with E-state index in [0.717, 1.165) is 58.0 Å². The van der Waals surface area contributed by atoms with Crippen molar-refractivity contribution in [1.82, 2.24) is 15.1 Å². The predicted molar refractivity (Wildman–Crippen MR) is 155 cm³/mol. The van der Waals surface area contributed by atoms with Crippen LogP contribution in [0.15, 0.2) is 18.2 Å². The van der Waals surface area contributed by atoms with E-state index in [0.29, 0.717) is 55.5 Å². The first-order valence-electron chi connectivity index (χ1n) is 16.1. The Balaban J connectivity index is 0.991. The first-order valence-corrected chi connectivity index (χ1v) is 16.1. The summed E-state index contributed by atoms with van der Waals surface area (Å²) in [4.78, 5) is 29.3. The van der Waals surface area contributed by atoms with Crippen molar-refractivity contribution in [3.05, 3.63) is 29.3 Å². The average Bonchev–Trinajstić information content (AvgIpc) is 3.56. The van der Waals surface area contributed by atoms with Gasteiger partial charge in [-0.05, 0) is 91.9 Å². The Kier molecular flexibility index (Phi) is 7.90. The number of fused-ring (bicyclic) bond motifs is 5. The number of nitrogens with zero attached hydrogens (tertiary/aromatic N) is 2. The number of aliphatic hydroxyl groups is 1. The summed E-state index contributed by atoms with van der Waals surface area (Å²) in [5.41, 5.74) is 1.96. The number of phenolic OH excluding ortho intramolecular Hbond substituents is 1. The lowest BCUT2D eigenvalue weighted by Crippen LogP contribution is -2.59. The van der Waals surface area contributed by atoms with Crippen LogP contribution in [0.25, 0.3) is 0 Å². The highest BCUT2D eigenvalue weighted by molar-refractivity contribution is 5.84. The van der Waals surface area contributed by atoms with E-state index in [1.807, 2.05) is 17.0 Å². The van der Waals surface area contributed by atoms with Gasteiger partial charge in [0.25, 0.3) is 0 Å². The van der Waals surface area contributed by atoms with Crippen LogP contribution in [-0.4, -0.2) is 76.7 Å². The summed E-state index contributed by atoms with van der Waals surface area (Å²) >= 11 is 0. The number of phenols is 1. The molecule has 7 heteroatoms. The van der Waals surface area contributed by atoms with Crippen LogP contribution in [0.2, 0.25) is 0 Å². The van der Waals surface area contributed by atoms with Gasteiger partial charge in [-0.1, -0.05) is 38.7 Å². The number of hydrogen-bond acceptors (Lipinski definition) is 5. The Bertz CT molecular complexity index is 1100. The topological polar surface area (TPSA) is 93.1 Å². The summed E-state index contributed by atoms with van der Waals surface area (Å²) in [6.07, 6.45) is 12.8. The van der Waals surface area contributed by atoms with Crippen LogP contribution >= 0.6 is 0 Å². The average molecular weight is 552 g/mol. The largest absolute Gasteiger partial charge is 0.508 e. The van der Waals surface area contributed by atoms with Gasteiger partial charge in [0.05, 0.1) is 12.1 Å². The van der Waals surface area contributed by atoms with E-state index in [1.165, 1.54) is 36.8 Å². The molecule has 1 aliphatic heterocycles. The summed E-state index contributed by atoms with van der Waals surface area (Å²) in [5.74, 6) is 2.73. The first-order chi connectivity index (χ1) is 19.3. The molecule has 0 bridgehead atoms. The maximum Gasteiger partial charge on any atom is 0.242 e. The molecule has 220 valence electrons. The fourth-order valence-corrected chi connectivity index (χ4v) is 9.47. The van der Waals surface area contributed by atoms with Crippen molar-refractivity contribution in [3.8, 4) is 5.75 Å². The Hall–Kier alpha value is -2.12. The van der Waals surface area contributed by atoms with Gasteiger partial charge in [0.15, 0.2) is 0 Å². The maximum atomic E-state index is 12.8. The highest BCUT2D eigenvalue weighted by Gasteiger charge is 2.61. The van der Waals surface area contributed by atoms with E-state index in [9.17, 15) is 19.8 Å². The Morgan fingerprint density at radius 3 is 2.58 bits per heavy atom. The minimum Gasteiger partial charge on any atom is -0.508 e. The molecule has 4 fully saturated rings. The van der Waals surface area contributed by atoms with Crippen LogP contribution in [0.1, 0.15) is 94.6 Å². The Labute approximate surface area is 239 Å². The van der Waals surface area contributed by atoms with Gasteiger partial charge < -0.3 is 20.4 Å². The van der Waals surface area contributed by atoms with Crippen LogP contribution < -0.4 is 5.32 Å². The van der Waals surface area contributed by atoms with E-state index in [2.05, 4.69) is 23.2 Å². The minimum absolute atomic E-state index is 0.000498. The third-order valence-electron chi connectivity index (χ3n) is 11.9. The van der Waals surface area contributed by atoms with E-state index in [4.69, 9.17) is 0 Å². The number of aromatic hydroxyl groups is 1. The van der Waals surface area contributed by atoms with Gasteiger partial charge in [-0.2, -0.15) is 0 Å². The first kappa shape index (κ1) is 28.0. The van der Waals surface area contributed by atoms with Crippen molar-refractivity contribution < 1.29 is 19.8 Å². The van der Waals surface area contributed by atoms with E-state index in [1.54, 1.807) is 0 Å². The number of carbonyl (C=O) groups is 2. The second kappa shape index (κ2) is 11.3. The van der Waals surface area contributed by atoms with Crippen LogP contribution in [0.4, 0.5) is 0 Å². The van der Waals surface area contributed by atoms with Crippen molar-refractivity contribution in [2.24, 2.45) is 23.2 Å². The number of piperazine rings is 1. The van der Waals surface area contributed by atoms with Gasteiger partial charge in [0.1, 0.15) is 5.75 Å². The van der Waals surface area contributed by atoms with Crippen LogP contribution in [0, 0.1) is 23.2 Å². The summed E-state index contributed by atoms with van der Waals surface area (Å²) in [6, 6.07) is 5.95. The van der Waals surface area contributed by atoms with Gasteiger partial charge in [0.2, 0.25) is 11.8 Å². The summed E-state index contributed by atoms with van der Waals surface area (Å²) < 4.78 is 0. The highest BCUT2D eigenvalue weighted by atomic mass is 16.3. The smallest absolute Gasteiger partial charge is 0.242 e. The minimum atomic E-state index is -0.697. The number of benzene rings is 1. The lowest BCUT2D eigenvalue weighted by atomic mass is 9.53. The van der Waals surface area contributed by atoms with E-state index < -0.39 is 5.60 Å². The van der Waals surface area contributed by atoms with Crippen LogP contribution in [-0.2, 0) is 16.0 Å². The Morgan fingerprint density at radius 1 is 1.02 bits per heavy atom. The molecule has 5 aliphatic rings.